The Balaban J connectivity index is 2.43. The Morgan fingerprint density at radius 1 is 1.62 bits per heavy atom. The van der Waals surface area contributed by atoms with Crippen molar-refractivity contribution in [2.75, 3.05) is 18.8 Å². The van der Waals surface area contributed by atoms with E-state index >= 15 is 0 Å². The number of hydrogen-bond donors (Lipinski definition) is 1. The molecule has 0 unspecified atom stereocenters. The van der Waals surface area contributed by atoms with Crippen molar-refractivity contribution in [3.8, 4) is 0 Å². The maximum absolute atomic E-state index is 5.59. The van der Waals surface area contributed by atoms with Crippen LogP contribution in [0.3, 0.4) is 0 Å². The molecule has 0 aliphatic carbocycles. The summed E-state index contributed by atoms with van der Waals surface area (Å²) in [5, 5.41) is 15.6. The molecule has 1 aromatic rings. The summed E-state index contributed by atoms with van der Waals surface area (Å²) in [6.45, 7) is 6.67. The Labute approximate surface area is 105 Å². The van der Waals surface area contributed by atoms with Crippen molar-refractivity contribution < 1.29 is 0 Å². The molecule has 16 heavy (non-hydrogen) atoms. The van der Waals surface area contributed by atoms with Crippen LogP contribution in [0.4, 0.5) is 0 Å². The number of rotatable bonds is 7. The summed E-state index contributed by atoms with van der Waals surface area (Å²) in [5.74, 6) is 0.811. The third kappa shape index (κ3) is 4.51. The fraction of sp³-hybridized carbons (Fsp3) is 0.667. The first-order valence-corrected chi connectivity index (χ1v) is 6.55. The van der Waals surface area contributed by atoms with E-state index in [4.69, 9.17) is 11.6 Å². The van der Waals surface area contributed by atoms with Crippen molar-refractivity contribution in [1.82, 2.24) is 25.5 Å². The molecule has 0 atom stereocenters. The van der Waals surface area contributed by atoms with Crippen LogP contribution in [0.15, 0.2) is 16.3 Å². The third-order valence-electron chi connectivity index (χ3n) is 1.86. The Morgan fingerprint density at radius 2 is 2.44 bits per heavy atom. The van der Waals surface area contributed by atoms with E-state index in [2.05, 4.69) is 27.8 Å². The molecule has 0 aliphatic heterocycles. The molecule has 0 spiro atoms. The van der Waals surface area contributed by atoms with E-state index in [0.717, 1.165) is 36.1 Å². The van der Waals surface area contributed by atoms with E-state index < -0.39 is 0 Å². The van der Waals surface area contributed by atoms with E-state index in [9.17, 15) is 0 Å². The molecule has 0 bridgehead atoms. The number of nitrogens with zero attached hydrogens (tertiary/aromatic N) is 4. The molecule has 0 radical (unpaired) electrons. The quantitative estimate of drug-likeness (QED) is 0.596. The van der Waals surface area contributed by atoms with E-state index in [0.29, 0.717) is 0 Å². The van der Waals surface area contributed by atoms with Crippen molar-refractivity contribution in [2.24, 2.45) is 0 Å². The Kier molecular flexibility index (Phi) is 6.44. The van der Waals surface area contributed by atoms with Crippen LogP contribution in [0.5, 0.6) is 0 Å². The number of halogens is 1. The van der Waals surface area contributed by atoms with Crippen LogP contribution in [0.1, 0.15) is 13.8 Å². The topological polar surface area (TPSA) is 55.6 Å². The van der Waals surface area contributed by atoms with Crippen LogP contribution >= 0.6 is 23.4 Å². The highest BCUT2D eigenvalue weighted by Gasteiger charge is 2.06. The summed E-state index contributed by atoms with van der Waals surface area (Å²) in [6.07, 6.45) is 0. The normalized spacial score (nSPS) is 12.1. The van der Waals surface area contributed by atoms with E-state index in [1.54, 1.807) is 22.0 Å². The van der Waals surface area contributed by atoms with Crippen molar-refractivity contribution >= 4 is 23.4 Å². The lowest BCUT2D eigenvalue weighted by Gasteiger charge is -2.04. The molecule has 0 aliphatic rings. The molecular formula is C9H16ClN5S. The van der Waals surface area contributed by atoms with Gasteiger partial charge in [0.25, 0.3) is 0 Å². The zero-order chi connectivity index (χ0) is 11.8. The fourth-order valence-electron chi connectivity index (χ4n) is 1.01. The molecule has 1 aromatic heterocycles. The Hall–Kier alpha value is -0.590. The SMILES string of the molecule is CCNCCn1nnnc1SCC(C)=CCl. The second-order valence-electron chi connectivity index (χ2n) is 3.28. The lowest BCUT2D eigenvalue weighted by molar-refractivity contribution is 0.518. The highest BCUT2D eigenvalue weighted by Crippen LogP contribution is 2.16. The predicted molar refractivity (Wildman–Crippen MR) is 66.7 cm³/mol. The minimum Gasteiger partial charge on any atom is -0.315 e. The van der Waals surface area contributed by atoms with Crippen LogP contribution in [0.25, 0.3) is 0 Å². The van der Waals surface area contributed by atoms with Crippen LogP contribution in [0, 0.1) is 0 Å². The first kappa shape index (κ1) is 13.5. The second kappa shape index (κ2) is 7.65. The smallest absolute Gasteiger partial charge is 0.209 e. The number of likely N-dealkylation sites (N-methyl/N-ethyl adjacent to an activating group) is 1. The molecule has 0 amide bonds. The number of hydrogen-bond acceptors (Lipinski definition) is 5. The summed E-state index contributed by atoms with van der Waals surface area (Å²) in [5.41, 5.74) is 2.69. The highest BCUT2D eigenvalue weighted by molar-refractivity contribution is 7.99. The number of tetrazole rings is 1. The maximum Gasteiger partial charge on any atom is 0.209 e. The molecule has 90 valence electrons. The zero-order valence-electron chi connectivity index (χ0n) is 9.48. The van der Waals surface area contributed by atoms with Crippen molar-refractivity contribution in [3.63, 3.8) is 0 Å². The van der Waals surface area contributed by atoms with Crippen molar-refractivity contribution in [1.29, 1.82) is 0 Å². The van der Waals surface area contributed by atoms with Gasteiger partial charge in [0.15, 0.2) is 0 Å². The van der Waals surface area contributed by atoms with Gasteiger partial charge in [-0.2, -0.15) is 0 Å². The van der Waals surface area contributed by atoms with Crippen LogP contribution < -0.4 is 5.32 Å². The molecule has 7 heteroatoms. The molecule has 5 nitrogen and oxygen atoms in total. The number of thioether (sulfide) groups is 1. The van der Waals surface area contributed by atoms with Crippen molar-refractivity contribution in [3.05, 3.63) is 11.1 Å². The highest BCUT2D eigenvalue weighted by atomic mass is 35.5. The van der Waals surface area contributed by atoms with Crippen LogP contribution in [-0.4, -0.2) is 39.0 Å². The number of aromatic nitrogens is 4. The van der Waals surface area contributed by atoms with E-state index in [-0.39, 0.29) is 0 Å². The molecule has 1 rings (SSSR count). The van der Waals surface area contributed by atoms with Crippen LogP contribution in [0.2, 0.25) is 0 Å². The van der Waals surface area contributed by atoms with E-state index in [1.165, 1.54) is 0 Å². The average molecular weight is 262 g/mol. The summed E-state index contributed by atoms with van der Waals surface area (Å²) in [6, 6.07) is 0. The van der Waals surface area contributed by atoms with Gasteiger partial charge in [-0.25, -0.2) is 4.68 Å². The van der Waals surface area contributed by atoms with Gasteiger partial charge in [-0.3, -0.25) is 0 Å². The second-order valence-corrected chi connectivity index (χ2v) is 4.44. The minimum atomic E-state index is 0.785. The zero-order valence-corrected chi connectivity index (χ0v) is 11.1. The average Bonchev–Trinajstić information content (AvgIpc) is 2.74. The van der Waals surface area contributed by atoms with Gasteiger partial charge in [0, 0.05) is 17.8 Å². The fourth-order valence-corrected chi connectivity index (χ4v) is 1.99. The monoisotopic (exact) mass is 261 g/mol. The molecule has 0 saturated heterocycles. The van der Waals surface area contributed by atoms with Gasteiger partial charge in [0.2, 0.25) is 5.16 Å². The van der Waals surface area contributed by atoms with Crippen molar-refractivity contribution in [2.45, 2.75) is 25.5 Å². The Morgan fingerprint density at radius 3 is 3.12 bits per heavy atom. The standard InChI is InChI=1S/C9H16ClN5S/c1-3-11-4-5-15-9(12-13-14-15)16-7-8(2)6-10/h6,11H,3-5,7H2,1-2H3. The van der Waals surface area contributed by atoms with Gasteiger partial charge in [-0.05, 0) is 23.9 Å². The summed E-state index contributed by atoms with van der Waals surface area (Å²) in [7, 11) is 0. The number of nitrogens with one attached hydrogen (secondary N) is 1. The maximum atomic E-state index is 5.59. The summed E-state index contributed by atoms with van der Waals surface area (Å²) >= 11 is 7.18. The minimum absolute atomic E-state index is 0.785. The molecule has 0 aromatic carbocycles. The van der Waals surface area contributed by atoms with Crippen LogP contribution in [-0.2, 0) is 6.54 Å². The predicted octanol–water partition coefficient (Wildman–Crippen LogP) is 1.52. The molecule has 0 saturated carbocycles. The molecule has 1 N–H and O–H groups in total. The first-order valence-electron chi connectivity index (χ1n) is 5.13. The molecular weight excluding hydrogens is 246 g/mol. The lowest BCUT2D eigenvalue weighted by Crippen LogP contribution is -2.20. The van der Waals surface area contributed by atoms with Gasteiger partial charge >= 0.3 is 0 Å². The molecule has 1 heterocycles. The largest absolute Gasteiger partial charge is 0.315 e. The summed E-state index contributed by atoms with van der Waals surface area (Å²) in [4.78, 5) is 0. The van der Waals surface area contributed by atoms with Gasteiger partial charge in [0.05, 0.1) is 6.54 Å². The lowest BCUT2D eigenvalue weighted by atomic mass is 10.4. The van der Waals surface area contributed by atoms with Gasteiger partial charge < -0.3 is 5.32 Å². The molecule has 0 fully saturated rings. The first-order chi connectivity index (χ1) is 7.77. The van der Waals surface area contributed by atoms with Gasteiger partial charge in [0.1, 0.15) is 0 Å². The Bertz CT molecular complexity index is 338. The van der Waals surface area contributed by atoms with Gasteiger partial charge in [-0.15, -0.1) is 5.10 Å². The summed E-state index contributed by atoms with van der Waals surface area (Å²) < 4.78 is 1.80. The third-order valence-corrected chi connectivity index (χ3v) is 3.39. The van der Waals surface area contributed by atoms with E-state index in [1.807, 2.05) is 6.92 Å². The van der Waals surface area contributed by atoms with Gasteiger partial charge in [-0.1, -0.05) is 35.9 Å².